The van der Waals surface area contributed by atoms with Crippen molar-refractivity contribution in [1.29, 1.82) is 0 Å². The molecule has 4 aromatic rings. The number of hydrogen-bond donors (Lipinski definition) is 2. The van der Waals surface area contributed by atoms with Crippen molar-refractivity contribution in [1.82, 2.24) is 24.9 Å². The fraction of sp³-hybridized carbons (Fsp3) is 0. The molecule has 6 nitrogen and oxygen atoms in total. The number of benzene rings is 1. The number of halogens is 1. The molecule has 3 N–H and O–H groups in total. The highest BCUT2D eigenvalue weighted by atomic mass is 35.5. The fourth-order valence-corrected chi connectivity index (χ4v) is 2.40. The van der Waals surface area contributed by atoms with Gasteiger partial charge < -0.3 is 10.7 Å². The van der Waals surface area contributed by atoms with Crippen LogP contribution in [0.5, 0.6) is 0 Å². The number of para-hydroxylation sites is 1. The van der Waals surface area contributed by atoms with Crippen LogP contribution in [0.4, 0.5) is 5.82 Å². The van der Waals surface area contributed by atoms with E-state index in [1.54, 1.807) is 6.20 Å². The van der Waals surface area contributed by atoms with Gasteiger partial charge in [0.2, 0.25) is 0 Å². The fourth-order valence-electron chi connectivity index (χ4n) is 2.26. The summed E-state index contributed by atoms with van der Waals surface area (Å²) in [6.07, 6.45) is 3.24. The number of hydrogen-bond acceptors (Lipinski definition) is 5. The summed E-state index contributed by atoms with van der Waals surface area (Å²) < 4.78 is 0. The van der Waals surface area contributed by atoms with E-state index in [1.165, 1.54) is 6.20 Å². The molecule has 0 saturated carbocycles. The van der Waals surface area contributed by atoms with Crippen LogP contribution in [0.2, 0.25) is 5.15 Å². The third-order valence-corrected chi connectivity index (χ3v) is 3.41. The molecular weight excluding hydrogens is 288 g/mol. The third kappa shape index (κ3) is 1.88. The number of aromatic nitrogens is 5. The van der Waals surface area contributed by atoms with E-state index >= 15 is 0 Å². The van der Waals surface area contributed by atoms with Gasteiger partial charge in [0.15, 0.2) is 11.5 Å². The molecule has 3 heterocycles. The number of anilines is 1. The molecular formula is C14H9ClN6. The molecule has 0 aliphatic carbocycles. The Labute approximate surface area is 124 Å². The Balaban J connectivity index is 2.02. The van der Waals surface area contributed by atoms with Crippen LogP contribution >= 0.6 is 11.6 Å². The molecule has 0 amide bonds. The molecule has 7 heteroatoms. The topological polar surface area (TPSA) is 93.4 Å². The van der Waals surface area contributed by atoms with Crippen molar-refractivity contribution in [2.75, 3.05) is 5.73 Å². The summed E-state index contributed by atoms with van der Waals surface area (Å²) in [5.41, 5.74) is 8.77. The van der Waals surface area contributed by atoms with Gasteiger partial charge in [-0.1, -0.05) is 23.7 Å². The van der Waals surface area contributed by atoms with Gasteiger partial charge in [0.25, 0.3) is 0 Å². The number of H-pyrrole nitrogens is 1. The highest BCUT2D eigenvalue weighted by Crippen LogP contribution is 2.27. The van der Waals surface area contributed by atoms with Crippen molar-refractivity contribution in [2.45, 2.75) is 0 Å². The minimum Gasteiger partial charge on any atom is -0.383 e. The van der Waals surface area contributed by atoms with E-state index in [1.807, 2.05) is 24.3 Å². The zero-order valence-electron chi connectivity index (χ0n) is 10.7. The van der Waals surface area contributed by atoms with Crippen LogP contribution < -0.4 is 5.73 Å². The Hall–Kier alpha value is -2.73. The second kappa shape index (κ2) is 4.39. The highest BCUT2D eigenvalue weighted by Gasteiger charge is 2.13. The number of nitrogens with two attached hydrogens (primary N) is 1. The van der Waals surface area contributed by atoms with Crippen LogP contribution in [-0.4, -0.2) is 24.9 Å². The third-order valence-electron chi connectivity index (χ3n) is 3.23. The molecule has 0 radical (unpaired) electrons. The van der Waals surface area contributed by atoms with Crippen molar-refractivity contribution in [3.8, 4) is 11.4 Å². The summed E-state index contributed by atoms with van der Waals surface area (Å²) in [5.74, 6) is 0.925. The number of nitrogens with zero attached hydrogens (tertiary/aromatic N) is 4. The maximum Gasteiger partial charge on any atom is 0.165 e. The summed E-state index contributed by atoms with van der Waals surface area (Å²) in [4.78, 5) is 20.4. The van der Waals surface area contributed by atoms with E-state index < -0.39 is 0 Å². The molecule has 102 valence electrons. The lowest BCUT2D eigenvalue weighted by molar-refractivity contribution is 1.23. The van der Waals surface area contributed by atoms with Gasteiger partial charge in [-0.3, -0.25) is 0 Å². The average Bonchev–Trinajstić information content (AvgIpc) is 2.90. The van der Waals surface area contributed by atoms with Gasteiger partial charge in [0.1, 0.15) is 16.5 Å². The Morgan fingerprint density at radius 2 is 1.95 bits per heavy atom. The summed E-state index contributed by atoms with van der Waals surface area (Å²) >= 11 is 5.91. The van der Waals surface area contributed by atoms with Crippen LogP contribution in [0, 0.1) is 0 Å². The summed E-state index contributed by atoms with van der Waals surface area (Å²) in [7, 11) is 0. The van der Waals surface area contributed by atoms with Crippen LogP contribution in [0.15, 0.2) is 36.7 Å². The first-order chi connectivity index (χ1) is 10.2. The normalized spacial score (nSPS) is 11.3. The molecule has 0 aliphatic rings. The van der Waals surface area contributed by atoms with E-state index in [-0.39, 0.29) is 0 Å². The lowest BCUT2D eigenvalue weighted by Gasteiger charge is -2.04. The first-order valence-electron chi connectivity index (χ1n) is 6.24. The van der Waals surface area contributed by atoms with E-state index in [4.69, 9.17) is 17.3 Å². The Bertz CT molecular complexity index is 978. The Kier molecular flexibility index (Phi) is 2.52. The molecule has 21 heavy (non-hydrogen) atoms. The van der Waals surface area contributed by atoms with Gasteiger partial charge in [-0.2, -0.15) is 0 Å². The number of nitrogens with one attached hydrogen (secondary N) is 1. The molecule has 4 rings (SSSR count). The Morgan fingerprint density at radius 1 is 1.10 bits per heavy atom. The molecule has 0 atom stereocenters. The molecule has 1 aromatic carbocycles. The van der Waals surface area contributed by atoms with Crippen LogP contribution in [-0.2, 0) is 0 Å². The van der Waals surface area contributed by atoms with Crippen molar-refractivity contribution in [3.05, 3.63) is 41.8 Å². The largest absolute Gasteiger partial charge is 0.383 e. The molecule has 0 bridgehead atoms. The SMILES string of the molecule is Nc1nc(-c2c[nH]c3ncc(Cl)nc23)nc2ccccc12. The summed E-state index contributed by atoms with van der Waals surface area (Å²) in [6, 6.07) is 7.59. The van der Waals surface area contributed by atoms with E-state index in [0.717, 1.165) is 16.5 Å². The van der Waals surface area contributed by atoms with E-state index in [9.17, 15) is 0 Å². The van der Waals surface area contributed by atoms with Gasteiger partial charge >= 0.3 is 0 Å². The molecule has 0 fully saturated rings. The molecule has 0 aliphatic heterocycles. The van der Waals surface area contributed by atoms with Gasteiger partial charge in [-0.05, 0) is 12.1 Å². The quantitative estimate of drug-likeness (QED) is 0.563. The first kappa shape index (κ1) is 12.0. The maximum absolute atomic E-state index is 6.01. The van der Waals surface area contributed by atoms with Gasteiger partial charge in [-0.25, -0.2) is 19.9 Å². The van der Waals surface area contributed by atoms with Crippen LogP contribution in [0.3, 0.4) is 0 Å². The zero-order valence-corrected chi connectivity index (χ0v) is 11.5. The van der Waals surface area contributed by atoms with E-state index in [2.05, 4.69) is 24.9 Å². The average molecular weight is 297 g/mol. The summed E-state index contributed by atoms with van der Waals surface area (Å²) in [6.45, 7) is 0. The zero-order chi connectivity index (χ0) is 14.4. The molecule has 0 spiro atoms. The summed E-state index contributed by atoms with van der Waals surface area (Å²) in [5, 5.41) is 1.14. The van der Waals surface area contributed by atoms with Crippen molar-refractivity contribution < 1.29 is 0 Å². The van der Waals surface area contributed by atoms with Gasteiger partial charge in [0.05, 0.1) is 17.3 Å². The standard InChI is InChI=1S/C14H9ClN6/c15-10-6-18-14-11(20-10)8(5-17-14)13-19-9-4-2-1-3-7(9)12(16)21-13/h1-6H,(H,17,18)(H2,16,19,21). The highest BCUT2D eigenvalue weighted by molar-refractivity contribution is 6.29. The predicted molar refractivity (Wildman–Crippen MR) is 81.8 cm³/mol. The predicted octanol–water partition coefficient (Wildman–Crippen LogP) is 2.80. The van der Waals surface area contributed by atoms with Crippen molar-refractivity contribution in [3.63, 3.8) is 0 Å². The number of nitrogen functional groups attached to an aromatic ring is 1. The second-order valence-corrected chi connectivity index (χ2v) is 4.93. The van der Waals surface area contributed by atoms with Gasteiger partial charge in [-0.15, -0.1) is 0 Å². The molecule has 3 aromatic heterocycles. The minimum absolute atomic E-state index is 0.317. The van der Waals surface area contributed by atoms with Crippen LogP contribution in [0.25, 0.3) is 33.5 Å². The van der Waals surface area contributed by atoms with Crippen molar-refractivity contribution >= 4 is 39.5 Å². The van der Waals surface area contributed by atoms with E-state index in [0.29, 0.717) is 28.0 Å². The monoisotopic (exact) mass is 296 g/mol. The van der Waals surface area contributed by atoms with Crippen LogP contribution in [0.1, 0.15) is 0 Å². The maximum atomic E-state index is 6.01. The lowest BCUT2D eigenvalue weighted by Crippen LogP contribution is -1.97. The number of fused-ring (bicyclic) bond motifs is 2. The smallest absolute Gasteiger partial charge is 0.165 e. The second-order valence-electron chi connectivity index (χ2n) is 4.54. The minimum atomic E-state index is 0.317. The van der Waals surface area contributed by atoms with Crippen molar-refractivity contribution in [2.24, 2.45) is 0 Å². The number of aromatic amines is 1. The first-order valence-corrected chi connectivity index (χ1v) is 6.62. The number of rotatable bonds is 1. The van der Waals surface area contributed by atoms with Gasteiger partial charge in [0, 0.05) is 11.6 Å². The molecule has 0 unspecified atom stereocenters. The molecule has 0 saturated heterocycles. The Morgan fingerprint density at radius 3 is 2.86 bits per heavy atom. The lowest BCUT2D eigenvalue weighted by atomic mass is 10.2.